The van der Waals surface area contributed by atoms with Crippen LogP contribution >= 0.6 is 0 Å². The summed E-state index contributed by atoms with van der Waals surface area (Å²) in [5, 5.41) is 5.75. The Morgan fingerprint density at radius 2 is 1.79 bits per heavy atom. The summed E-state index contributed by atoms with van der Waals surface area (Å²) in [6.07, 6.45) is 21.2. The molecule has 1 saturated carbocycles. The second-order valence-corrected chi connectivity index (χ2v) is 6.00. The molecule has 7 nitrogen and oxygen atoms in total. The van der Waals surface area contributed by atoms with E-state index in [0.29, 0.717) is 11.7 Å². The number of anilines is 1. The summed E-state index contributed by atoms with van der Waals surface area (Å²) in [7, 11) is 1.67. The minimum absolute atomic E-state index is 0.114. The smallest absolute Gasteiger partial charge is 0.231 e. The van der Waals surface area contributed by atoms with E-state index in [9.17, 15) is 9.59 Å². The van der Waals surface area contributed by atoms with Crippen molar-refractivity contribution >= 4 is 18.0 Å². The van der Waals surface area contributed by atoms with E-state index in [4.69, 9.17) is 5.73 Å². The van der Waals surface area contributed by atoms with Crippen molar-refractivity contribution in [1.29, 1.82) is 0 Å². The predicted octanol–water partition coefficient (Wildman–Crippen LogP) is 3.42. The van der Waals surface area contributed by atoms with Gasteiger partial charge in [0.25, 0.3) is 0 Å². The van der Waals surface area contributed by atoms with Crippen molar-refractivity contribution in [2.45, 2.75) is 72.3 Å². The lowest BCUT2D eigenvalue weighted by atomic mass is 9.84. The lowest BCUT2D eigenvalue weighted by Gasteiger charge is -2.27. The normalized spacial score (nSPS) is 13.1. The van der Waals surface area contributed by atoms with Crippen molar-refractivity contribution in [3.05, 3.63) is 18.6 Å². The number of carbonyl (C=O) groups excluding carboxylic acids is 2. The van der Waals surface area contributed by atoms with Gasteiger partial charge in [-0.05, 0) is 25.8 Å². The van der Waals surface area contributed by atoms with Crippen LogP contribution in [0.2, 0.25) is 0 Å². The van der Waals surface area contributed by atoms with E-state index in [0.717, 1.165) is 19.1 Å². The standard InChI is InChI=1S/C12H17N3O.C3H8N2O.C3H8.C2H6.C2H2/c16-9-11(10-4-2-1-3-5-10)15-12-8-13-6-7-14-12;1-5-2-3(4)6;1-3-2;2*1-2/h6-11H,1-5H2,(H,14,15);5H,2H2,1H3,(H2,4,6);3H2,1-2H3;1-2H3;1-2H. The van der Waals surface area contributed by atoms with Gasteiger partial charge < -0.3 is 21.2 Å². The molecule has 0 radical (unpaired) electrons. The van der Waals surface area contributed by atoms with Crippen LogP contribution in [0.1, 0.15) is 66.2 Å². The third-order valence-electron chi connectivity index (χ3n) is 3.53. The molecule has 1 aliphatic rings. The molecule has 1 heterocycles. The predicted molar refractivity (Wildman–Crippen MR) is 122 cm³/mol. The van der Waals surface area contributed by atoms with Gasteiger partial charge in [0.05, 0.1) is 18.8 Å². The highest BCUT2D eigenvalue weighted by molar-refractivity contribution is 5.75. The molecular weight excluding hydrogens is 366 g/mol. The number of aromatic nitrogens is 2. The zero-order valence-corrected chi connectivity index (χ0v) is 18.9. The summed E-state index contributed by atoms with van der Waals surface area (Å²) >= 11 is 0. The molecule has 1 atom stereocenters. The molecule has 1 aromatic heterocycles. The van der Waals surface area contributed by atoms with E-state index in [1.807, 2.05) is 13.8 Å². The van der Waals surface area contributed by atoms with Gasteiger partial charge in [-0.15, -0.1) is 12.8 Å². The summed E-state index contributed by atoms with van der Waals surface area (Å²) in [4.78, 5) is 29.0. The zero-order chi connectivity index (χ0) is 22.9. The number of nitrogens with two attached hydrogens (primary N) is 1. The molecule has 29 heavy (non-hydrogen) atoms. The van der Waals surface area contributed by atoms with Crippen molar-refractivity contribution in [3.8, 4) is 12.8 Å². The maximum Gasteiger partial charge on any atom is 0.231 e. The monoisotopic (exact) mass is 407 g/mol. The minimum Gasteiger partial charge on any atom is -0.369 e. The highest BCUT2D eigenvalue weighted by Gasteiger charge is 2.23. The van der Waals surface area contributed by atoms with E-state index in [1.165, 1.54) is 25.7 Å². The van der Waals surface area contributed by atoms with Gasteiger partial charge in [-0.25, -0.2) is 4.98 Å². The van der Waals surface area contributed by atoms with Gasteiger partial charge in [0.2, 0.25) is 5.91 Å². The summed E-state index contributed by atoms with van der Waals surface area (Å²) in [5.74, 6) is 0.816. The molecule has 1 aliphatic carbocycles. The third-order valence-corrected chi connectivity index (χ3v) is 3.53. The molecule has 0 aliphatic heterocycles. The first-order valence-corrected chi connectivity index (χ1v) is 10.3. The molecule has 0 aromatic carbocycles. The SMILES string of the molecule is C#C.CC.CCC.CNCC(N)=O.O=CC(Nc1cnccn1)C1CCCCC1. The maximum atomic E-state index is 11.1. The molecule has 0 bridgehead atoms. The van der Waals surface area contributed by atoms with Crippen LogP contribution in [0.3, 0.4) is 0 Å². The Bertz CT molecular complexity index is 488. The second kappa shape index (κ2) is 25.5. The van der Waals surface area contributed by atoms with E-state index < -0.39 is 0 Å². The Morgan fingerprint density at radius 1 is 1.24 bits per heavy atom. The van der Waals surface area contributed by atoms with Crippen molar-refractivity contribution in [1.82, 2.24) is 15.3 Å². The number of terminal acetylenes is 1. The Morgan fingerprint density at radius 3 is 2.14 bits per heavy atom. The van der Waals surface area contributed by atoms with Crippen LogP contribution in [0.15, 0.2) is 18.6 Å². The van der Waals surface area contributed by atoms with E-state index in [-0.39, 0.29) is 18.5 Å². The number of hydrogen-bond acceptors (Lipinski definition) is 6. The molecule has 1 unspecified atom stereocenters. The van der Waals surface area contributed by atoms with Crippen molar-refractivity contribution in [3.63, 3.8) is 0 Å². The molecule has 7 heteroatoms. The first-order chi connectivity index (χ1) is 14.1. The number of rotatable bonds is 6. The van der Waals surface area contributed by atoms with Crippen molar-refractivity contribution < 1.29 is 9.59 Å². The molecule has 2 rings (SSSR count). The van der Waals surface area contributed by atoms with Gasteiger partial charge in [0.15, 0.2) is 0 Å². The first-order valence-electron chi connectivity index (χ1n) is 10.3. The number of amides is 1. The average molecular weight is 408 g/mol. The Balaban J connectivity index is -0.000000436. The number of aldehydes is 1. The van der Waals surface area contributed by atoms with E-state index in [1.54, 1.807) is 25.6 Å². The van der Waals surface area contributed by atoms with Crippen LogP contribution in [-0.4, -0.2) is 41.8 Å². The molecular formula is C22H41N5O2. The zero-order valence-electron chi connectivity index (χ0n) is 18.9. The number of carbonyl (C=O) groups is 2. The van der Waals surface area contributed by atoms with Gasteiger partial charge in [-0.1, -0.05) is 53.4 Å². The van der Waals surface area contributed by atoms with Crippen molar-refractivity contribution in [2.75, 3.05) is 18.9 Å². The van der Waals surface area contributed by atoms with Crippen LogP contribution in [0, 0.1) is 18.8 Å². The fraction of sp³-hybridized carbons (Fsp3) is 0.636. The average Bonchev–Trinajstić information content (AvgIpc) is 2.77. The molecule has 0 saturated heterocycles. The largest absolute Gasteiger partial charge is 0.369 e. The Kier molecular flexibility index (Phi) is 27.5. The van der Waals surface area contributed by atoms with Gasteiger partial charge in [0.1, 0.15) is 12.1 Å². The number of hydrogen-bond donors (Lipinski definition) is 3. The Labute approximate surface area is 177 Å². The highest BCUT2D eigenvalue weighted by Crippen LogP contribution is 2.27. The summed E-state index contributed by atoms with van der Waals surface area (Å²) in [6.45, 7) is 8.51. The third kappa shape index (κ3) is 20.1. The fourth-order valence-electron chi connectivity index (χ4n) is 2.47. The van der Waals surface area contributed by atoms with Crippen LogP contribution in [0.25, 0.3) is 0 Å². The molecule has 1 aromatic rings. The second-order valence-electron chi connectivity index (χ2n) is 6.00. The number of nitrogens with one attached hydrogen (secondary N) is 2. The number of likely N-dealkylation sites (N-methyl/N-ethyl adjacent to an activating group) is 1. The van der Waals surface area contributed by atoms with E-state index in [2.05, 4.69) is 47.3 Å². The first kappa shape index (κ1) is 31.2. The van der Waals surface area contributed by atoms with Gasteiger partial charge in [-0.2, -0.15) is 0 Å². The lowest BCUT2D eigenvalue weighted by Crippen LogP contribution is -2.32. The molecule has 0 spiro atoms. The van der Waals surface area contributed by atoms with Gasteiger partial charge in [0, 0.05) is 12.4 Å². The molecule has 1 fully saturated rings. The molecule has 4 N–H and O–H groups in total. The Hall–Kier alpha value is -2.46. The van der Waals surface area contributed by atoms with Crippen LogP contribution < -0.4 is 16.4 Å². The lowest BCUT2D eigenvalue weighted by molar-refractivity contribution is -0.117. The van der Waals surface area contributed by atoms with Gasteiger partial charge in [-0.3, -0.25) is 9.78 Å². The molecule has 166 valence electrons. The van der Waals surface area contributed by atoms with Gasteiger partial charge >= 0.3 is 0 Å². The fourth-order valence-corrected chi connectivity index (χ4v) is 2.47. The summed E-state index contributed by atoms with van der Waals surface area (Å²) in [5.41, 5.74) is 4.70. The maximum absolute atomic E-state index is 11.1. The number of primary amides is 1. The van der Waals surface area contributed by atoms with Crippen LogP contribution in [0.5, 0.6) is 0 Å². The minimum atomic E-state index is -0.322. The van der Waals surface area contributed by atoms with Crippen LogP contribution in [0.4, 0.5) is 5.82 Å². The topological polar surface area (TPSA) is 110 Å². The quantitative estimate of drug-likeness (QED) is 0.492. The van der Waals surface area contributed by atoms with Crippen LogP contribution in [-0.2, 0) is 9.59 Å². The number of nitrogens with zero attached hydrogens (tertiary/aromatic N) is 2. The molecule has 1 amide bonds. The summed E-state index contributed by atoms with van der Waals surface area (Å²) < 4.78 is 0. The summed E-state index contributed by atoms with van der Waals surface area (Å²) in [6, 6.07) is -0.114. The highest BCUT2D eigenvalue weighted by atomic mass is 16.1. The van der Waals surface area contributed by atoms with E-state index >= 15 is 0 Å². The van der Waals surface area contributed by atoms with Crippen molar-refractivity contribution in [2.24, 2.45) is 11.7 Å².